The lowest BCUT2D eigenvalue weighted by molar-refractivity contribution is -0.0630. The standard InChI is InChI=1S/C31H38BrN5O2/c1-4-39-27-19-22-18-23(32)7-8-24(22)28(27)37-17-16-36(20-21(37)2)31(3)10-14-35(15-11-31)30(38)26-9-13-34-29-25(26)6-5-12-33-29/h5-9,12-13,18,21,27-28H,4,10-11,14-17,19-20H2,1-3H3/t21-,27+,28+/m0/s1. The van der Waals surface area contributed by atoms with Crippen molar-refractivity contribution in [2.45, 2.75) is 63.8 Å². The fraction of sp³-hybridized carbons (Fsp3) is 0.516. The van der Waals surface area contributed by atoms with Crippen molar-refractivity contribution in [3.05, 3.63) is 70.0 Å². The highest BCUT2D eigenvalue weighted by molar-refractivity contribution is 9.10. The second-order valence-corrected chi connectivity index (χ2v) is 12.5. The number of piperidine rings is 1. The molecule has 0 bridgehead atoms. The van der Waals surface area contributed by atoms with Crippen LogP contribution in [0.1, 0.15) is 61.1 Å². The van der Waals surface area contributed by atoms with Crippen molar-refractivity contribution in [2.24, 2.45) is 0 Å². The zero-order chi connectivity index (χ0) is 27.1. The van der Waals surface area contributed by atoms with E-state index in [2.05, 4.69) is 74.7 Å². The Morgan fingerprint density at radius 1 is 1.10 bits per heavy atom. The van der Waals surface area contributed by atoms with Crippen molar-refractivity contribution >= 4 is 32.9 Å². The molecule has 6 rings (SSSR count). The summed E-state index contributed by atoms with van der Waals surface area (Å²) in [6.45, 7) is 12.2. The van der Waals surface area contributed by atoms with Crippen LogP contribution in [0.5, 0.6) is 0 Å². The van der Waals surface area contributed by atoms with Crippen molar-refractivity contribution in [1.82, 2.24) is 24.7 Å². The van der Waals surface area contributed by atoms with Crippen molar-refractivity contribution in [3.63, 3.8) is 0 Å². The third-order valence-electron chi connectivity index (χ3n) is 9.25. The average molecular weight is 593 g/mol. The van der Waals surface area contributed by atoms with Crippen molar-refractivity contribution in [1.29, 1.82) is 0 Å². The lowest BCUT2D eigenvalue weighted by Crippen LogP contribution is -2.62. The van der Waals surface area contributed by atoms with Crippen LogP contribution in [0.2, 0.25) is 0 Å². The molecule has 0 radical (unpaired) electrons. The van der Waals surface area contributed by atoms with Gasteiger partial charge in [0.05, 0.1) is 17.7 Å². The van der Waals surface area contributed by atoms with Crippen LogP contribution in [0, 0.1) is 0 Å². The van der Waals surface area contributed by atoms with Gasteiger partial charge in [-0.05, 0) is 75.1 Å². The van der Waals surface area contributed by atoms with Gasteiger partial charge < -0.3 is 9.64 Å². The van der Waals surface area contributed by atoms with E-state index in [1.54, 1.807) is 12.4 Å². The number of hydrogen-bond acceptors (Lipinski definition) is 6. The predicted octanol–water partition coefficient (Wildman–Crippen LogP) is 5.10. The summed E-state index contributed by atoms with van der Waals surface area (Å²) in [4.78, 5) is 29.5. The van der Waals surface area contributed by atoms with Gasteiger partial charge in [-0.25, -0.2) is 9.97 Å². The molecular formula is C31H38BrN5O2. The molecule has 1 aliphatic carbocycles. The summed E-state index contributed by atoms with van der Waals surface area (Å²) >= 11 is 3.66. The fourth-order valence-electron chi connectivity index (χ4n) is 7.05. The predicted molar refractivity (Wildman–Crippen MR) is 157 cm³/mol. The van der Waals surface area contributed by atoms with E-state index in [1.165, 1.54) is 11.1 Å². The maximum absolute atomic E-state index is 13.5. The number of carbonyl (C=O) groups excluding carboxylic acids is 1. The maximum Gasteiger partial charge on any atom is 0.254 e. The molecule has 0 N–H and O–H groups in total. The Kier molecular flexibility index (Phi) is 7.48. The molecule has 2 saturated heterocycles. The van der Waals surface area contributed by atoms with Crippen LogP contribution in [0.4, 0.5) is 0 Å². The fourth-order valence-corrected chi connectivity index (χ4v) is 7.46. The molecule has 1 amide bonds. The molecule has 2 aliphatic heterocycles. The van der Waals surface area contributed by atoms with Gasteiger partial charge in [0, 0.05) is 79.6 Å². The first-order chi connectivity index (χ1) is 18.9. The molecule has 3 aliphatic rings. The van der Waals surface area contributed by atoms with Crippen LogP contribution in [0.3, 0.4) is 0 Å². The first-order valence-electron chi connectivity index (χ1n) is 14.3. The number of halogens is 1. The van der Waals surface area contributed by atoms with E-state index < -0.39 is 0 Å². The molecule has 2 aromatic heterocycles. The Bertz CT molecular complexity index is 1350. The van der Waals surface area contributed by atoms with Crippen molar-refractivity contribution in [3.8, 4) is 0 Å². The Labute approximate surface area is 239 Å². The quantitative estimate of drug-likeness (QED) is 0.411. The molecular weight excluding hydrogens is 554 g/mol. The highest BCUT2D eigenvalue weighted by Crippen LogP contribution is 2.42. The van der Waals surface area contributed by atoms with Gasteiger partial charge in [0.15, 0.2) is 5.65 Å². The van der Waals surface area contributed by atoms with Gasteiger partial charge >= 0.3 is 0 Å². The zero-order valence-corrected chi connectivity index (χ0v) is 24.7. The number of rotatable bonds is 5. The summed E-state index contributed by atoms with van der Waals surface area (Å²) in [6, 6.07) is 13.1. The average Bonchev–Trinajstić information content (AvgIpc) is 3.29. The van der Waals surface area contributed by atoms with E-state index in [0.717, 1.165) is 68.5 Å². The second kappa shape index (κ2) is 10.9. The Balaban J connectivity index is 1.12. The Hall–Kier alpha value is -2.39. The highest BCUT2D eigenvalue weighted by atomic mass is 79.9. The lowest BCUT2D eigenvalue weighted by atomic mass is 9.86. The third-order valence-corrected chi connectivity index (χ3v) is 9.74. The molecule has 3 atom stereocenters. The Morgan fingerprint density at radius 2 is 1.90 bits per heavy atom. The van der Waals surface area contributed by atoms with Crippen molar-refractivity contribution in [2.75, 3.05) is 39.3 Å². The molecule has 0 saturated carbocycles. The minimum absolute atomic E-state index is 0.0872. The van der Waals surface area contributed by atoms with Gasteiger partial charge in [-0.2, -0.15) is 0 Å². The molecule has 0 spiro atoms. The number of amides is 1. The molecule has 7 nitrogen and oxygen atoms in total. The molecule has 206 valence electrons. The number of ether oxygens (including phenoxy) is 1. The molecule has 8 heteroatoms. The van der Waals surface area contributed by atoms with Gasteiger partial charge in [-0.1, -0.05) is 22.0 Å². The van der Waals surface area contributed by atoms with Crippen LogP contribution in [0.15, 0.2) is 53.3 Å². The smallest absolute Gasteiger partial charge is 0.254 e. The highest BCUT2D eigenvalue weighted by Gasteiger charge is 2.44. The number of piperazine rings is 1. The van der Waals surface area contributed by atoms with Crippen LogP contribution < -0.4 is 0 Å². The topological polar surface area (TPSA) is 61.8 Å². The number of aromatic nitrogens is 2. The molecule has 1 aromatic carbocycles. The minimum Gasteiger partial charge on any atom is -0.376 e. The summed E-state index contributed by atoms with van der Waals surface area (Å²) in [5.74, 6) is 0.0872. The van der Waals surface area contributed by atoms with E-state index in [0.29, 0.717) is 23.3 Å². The summed E-state index contributed by atoms with van der Waals surface area (Å²) in [5, 5.41) is 0.828. The van der Waals surface area contributed by atoms with Crippen LogP contribution in [0.25, 0.3) is 11.0 Å². The third kappa shape index (κ3) is 5.01. The number of likely N-dealkylation sites (tertiary alicyclic amines) is 1. The van der Waals surface area contributed by atoms with Crippen LogP contribution >= 0.6 is 15.9 Å². The normalized spacial score (nSPS) is 25.6. The van der Waals surface area contributed by atoms with Crippen LogP contribution in [-0.4, -0.2) is 87.6 Å². The first kappa shape index (κ1) is 26.8. The molecule has 2 fully saturated rings. The van der Waals surface area contributed by atoms with E-state index in [-0.39, 0.29) is 17.6 Å². The molecule has 39 heavy (non-hydrogen) atoms. The number of nitrogens with zero attached hydrogens (tertiary/aromatic N) is 5. The number of pyridine rings is 2. The SMILES string of the molecule is CCO[C@@H]1Cc2cc(Br)ccc2[C@H]1N1CCN(C2(C)CCN(C(=O)c3ccnc4ncccc34)CC2)C[C@@H]1C. The molecule has 4 heterocycles. The first-order valence-corrected chi connectivity index (χ1v) is 15.1. The maximum atomic E-state index is 13.5. The van der Waals surface area contributed by atoms with Crippen molar-refractivity contribution < 1.29 is 9.53 Å². The number of hydrogen-bond donors (Lipinski definition) is 0. The van der Waals surface area contributed by atoms with Crippen LogP contribution in [-0.2, 0) is 11.2 Å². The molecule has 0 unspecified atom stereocenters. The van der Waals surface area contributed by atoms with Gasteiger partial charge in [0.1, 0.15) is 0 Å². The van der Waals surface area contributed by atoms with Gasteiger partial charge in [0.2, 0.25) is 0 Å². The zero-order valence-electron chi connectivity index (χ0n) is 23.1. The lowest BCUT2D eigenvalue weighted by Gasteiger charge is -2.53. The minimum atomic E-state index is 0.0872. The Morgan fingerprint density at radius 3 is 2.67 bits per heavy atom. The monoisotopic (exact) mass is 591 g/mol. The number of fused-ring (bicyclic) bond motifs is 2. The van der Waals surface area contributed by atoms with Gasteiger partial charge in [-0.3, -0.25) is 14.6 Å². The summed E-state index contributed by atoms with van der Waals surface area (Å²) in [7, 11) is 0. The summed E-state index contributed by atoms with van der Waals surface area (Å²) < 4.78 is 7.42. The molecule has 3 aromatic rings. The second-order valence-electron chi connectivity index (χ2n) is 11.5. The van der Waals surface area contributed by atoms with E-state index in [1.807, 2.05) is 23.1 Å². The van der Waals surface area contributed by atoms with E-state index in [4.69, 9.17) is 4.74 Å². The van der Waals surface area contributed by atoms with E-state index >= 15 is 0 Å². The summed E-state index contributed by atoms with van der Waals surface area (Å²) in [6.07, 6.45) is 6.55. The van der Waals surface area contributed by atoms with Gasteiger partial charge in [-0.15, -0.1) is 0 Å². The van der Waals surface area contributed by atoms with E-state index in [9.17, 15) is 4.79 Å². The largest absolute Gasteiger partial charge is 0.376 e. The number of carbonyl (C=O) groups is 1. The van der Waals surface area contributed by atoms with Gasteiger partial charge in [0.25, 0.3) is 5.91 Å². The summed E-state index contributed by atoms with van der Waals surface area (Å²) in [5.41, 5.74) is 4.25. The number of benzene rings is 1.